The molecule has 36 heavy (non-hydrogen) atoms. The summed E-state index contributed by atoms with van der Waals surface area (Å²) in [5, 5.41) is 0. The Morgan fingerprint density at radius 3 is 1.39 bits per heavy atom. The minimum atomic E-state index is 0.00279. The normalized spacial score (nSPS) is 18.7. The molecule has 0 aromatic heterocycles. The van der Waals surface area contributed by atoms with Crippen LogP contribution in [0.5, 0.6) is 0 Å². The van der Waals surface area contributed by atoms with E-state index in [9.17, 15) is 0 Å². The highest BCUT2D eigenvalue weighted by atomic mass is 16.5. The number of nitrogens with zero attached hydrogens (tertiary/aromatic N) is 3. The Morgan fingerprint density at radius 2 is 0.944 bits per heavy atom. The van der Waals surface area contributed by atoms with Crippen molar-refractivity contribution in [1.29, 1.82) is 0 Å². The van der Waals surface area contributed by atoms with Crippen molar-refractivity contribution in [3.05, 3.63) is 131 Å². The van der Waals surface area contributed by atoms with Gasteiger partial charge in [-0.3, -0.25) is 0 Å². The van der Waals surface area contributed by atoms with Crippen LogP contribution >= 0.6 is 0 Å². The summed E-state index contributed by atoms with van der Waals surface area (Å²) >= 11 is 0. The number of hydrogen-bond donors (Lipinski definition) is 0. The summed E-state index contributed by atoms with van der Waals surface area (Å²) in [4.78, 5) is 12.0. The van der Waals surface area contributed by atoms with Gasteiger partial charge in [0.2, 0.25) is 11.8 Å². The quantitative estimate of drug-likeness (QED) is 0.322. The van der Waals surface area contributed by atoms with Crippen molar-refractivity contribution >= 4 is 23.2 Å². The van der Waals surface area contributed by atoms with E-state index in [1.54, 1.807) is 0 Å². The van der Waals surface area contributed by atoms with Crippen molar-refractivity contribution in [2.75, 3.05) is 25.2 Å². The van der Waals surface area contributed by atoms with Crippen LogP contribution in [0.2, 0.25) is 0 Å². The molecule has 0 radical (unpaired) electrons. The van der Waals surface area contributed by atoms with Crippen molar-refractivity contribution in [2.24, 2.45) is 9.98 Å². The third-order valence-corrected chi connectivity index (χ3v) is 6.66. The van der Waals surface area contributed by atoms with Crippen LogP contribution in [0.3, 0.4) is 0 Å². The zero-order valence-corrected chi connectivity index (χ0v) is 20.1. The number of hydrogen-bond acceptors (Lipinski definition) is 5. The van der Waals surface area contributed by atoms with Crippen molar-refractivity contribution in [1.82, 2.24) is 0 Å². The number of ether oxygens (including phenoxy) is 2. The molecule has 0 spiro atoms. The van der Waals surface area contributed by atoms with Crippen LogP contribution in [0.25, 0.3) is 0 Å². The first-order valence-corrected chi connectivity index (χ1v) is 12.2. The lowest BCUT2D eigenvalue weighted by Gasteiger charge is -2.24. The molecule has 0 N–H and O–H groups in total. The van der Waals surface area contributed by atoms with Gasteiger partial charge >= 0.3 is 0 Å². The molecule has 0 aliphatic carbocycles. The number of para-hydroxylation sites is 2. The topological polar surface area (TPSA) is 46.4 Å². The first-order chi connectivity index (χ1) is 17.8. The van der Waals surface area contributed by atoms with Crippen LogP contribution in [-0.4, -0.2) is 32.1 Å². The van der Waals surface area contributed by atoms with Gasteiger partial charge in [0.1, 0.15) is 25.3 Å². The summed E-state index contributed by atoms with van der Waals surface area (Å²) in [6.07, 6.45) is 0. The molecule has 0 amide bonds. The number of anilines is 2. The maximum atomic E-state index is 6.10. The van der Waals surface area contributed by atoms with E-state index in [0.717, 1.165) is 33.6 Å². The average molecular weight is 474 g/mol. The summed E-state index contributed by atoms with van der Waals surface area (Å²) in [5.74, 6) is 1.34. The number of aliphatic imine (C=N–C) groups is 2. The lowest BCUT2D eigenvalue weighted by atomic mass is 10.1. The summed E-state index contributed by atoms with van der Waals surface area (Å²) < 4.78 is 12.2. The van der Waals surface area contributed by atoms with Gasteiger partial charge in [0.05, 0.1) is 22.5 Å². The van der Waals surface area contributed by atoms with E-state index in [4.69, 9.17) is 19.5 Å². The van der Waals surface area contributed by atoms with Crippen molar-refractivity contribution in [2.45, 2.75) is 12.1 Å². The van der Waals surface area contributed by atoms with Gasteiger partial charge in [-0.1, -0.05) is 84.9 Å². The lowest BCUT2D eigenvalue weighted by Crippen LogP contribution is -2.18. The molecule has 2 heterocycles. The van der Waals surface area contributed by atoms with E-state index in [-0.39, 0.29) is 12.1 Å². The van der Waals surface area contributed by atoms with E-state index >= 15 is 0 Å². The largest absolute Gasteiger partial charge is 0.475 e. The molecule has 0 bridgehead atoms. The SMILES string of the molecule is CN(c1ccccc1C1=N[C@@H](c2ccccc2)CO1)c1ccccc1C1=N[C@@H](c2ccccc2)CO1. The lowest BCUT2D eigenvalue weighted by molar-refractivity contribution is 0.320. The predicted molar refractivity (Wildman–Crippen MR) is 144 cm³/mol. The van der Waals surface area contributed by atoms with Crippen molar-refractivity contribution in [3.63, 3.8) is 0 Å². The van der Waals surface area contributed by atoms with Gasteiger partial charge in [-0.2, -0.15) is 0 Å². The molecule has 0 unspecified atom stereocenters. The zero-order chi connectivity index (χ0) is 24.3. The first-order valence-electron chi connectivity index (χ1n) is 12.2. The molecular weight excluding hydrogens is 446 g/mol. The Kier molecular flexibility index (Phi) is 5.96. The molecule has 4 aromatic rings. The van der Waals surface area contributed by atoms with Gasteiger partial charge in [0.25, 0.3) is 0 Å². The number of benzene rings is 4. The highest BCUT2D eigenvalue weighted by Gasteiger charge is 2.27. The molecule has 2 aliphatic rings. The third-order valence-electron chi connectivity index (χ3n) is 6.66. The molecule has 5 nitrogen and oxygen atoms in total. The molecule has 0 saturated carbocycles. The van der Waals surface area contributed by atoms with E-state index in [1.165, 1.54) is 0 Å². The summed E-state index contributed by atoms with van der Waals surface area (Å²) in [6.45, 7) is 1.08. The fourth-order valence-electron chi connectivity index (χ4n) is 4.76. The van der Waals surface area contributed by atoms with E-state index < -0.39 is 0 Å². The van der Waals surface area contributed by atoms with E-state index in [1.807, 2.05) is 60.7 Å². The van der Waals surface area contributed by atoms with Gasteiger partial charge < -0.3 is 14.4 Å². The standard InChI is InChI=1S/C31H27N3O2/c1-34(28-18-10-8-16-24(28)30-32-26(20-35-30)22-12-4-2-5-13-22)29-19-11-9-17-25(29)31-33-27(21-36-31)23-14-6-3-7-15-23/h2-19,26-27H,20-21H2,1H3/t26-,27-/m1/s1. The second-order valence-electron chi connectivity index (χ2n) is 8.94. The number of rotatable bonds is 6. The van der Waals surface area contributed by atoms with Gasteiger partial charge in [-0.25, -0.2) is 9.98 Å². The molecule has 5 heteroatoms. The molecule has 178 valence electrons. The van der Waals surface area contributed by atoms with Gasteiger partial charge in [-0.05, 0) is 35.4 Å². The maximum absolute atomic E-state index is 6.10. The van der Waals surface area contributed by atoms with Gasteiger partial charge in [0, 0.05) is 7.05 Å². The fraction of sp³-hybridized carbons (Fsp3) is 0.161. The minimum Gasteiger partial charge on any atom is -0.475 e. The molecular formula is C31H27N3O2. The Labute approximate surface area is 211 Å². The fourth-order valence-corrected chi connectivity index (χ4v) is 4.76. The highest BCUT2D eigenvalue weighted by molar-refractivity contribution is 6.04. The van der Waals surface area contributed by atoms with Crippen LogP contribution in [0.1, 0.15) is 34.3 Å². The Hall–Kier alpha value is -4.38. The molecule has 2 atom stereocenters. The van der Waals surface area contributed by atoms with Gasteiger partial charge in [-0.15, -0.1) is 0 Å². The van der Waals surface area contributed by atoms with Crippen LogP contribution in [0.15, 0.2) is 119 Å². The Bertz CT molecular complexity index is 1310. The Morgan fingerprint density at radius 1 is 0.556 bits per heavy atom. The summed E-state index contributed by atoms with van der Waals surface area (Å²) in [5.41, 5.74) is 6.27. The Balaban J connectivity index is 1.33. The van der Waals surface area contributed by atoms with Crippen LogP contribution in [0, 0.1) is 0 Å². The minimum absolute atomic E-state index is 0.00279. The molecule has 0 fully saturated rings. The summed E-state index contributed by atoms with van der Waals surface area (Å²) in [6, 6.07) is 37.0. The molecule has 4 aromatic carbocycles. The molecule has 2 aliphatic heterocycles. The smallest absolute Gasteiger partial charge is 0.219 e. The summed E-state index contributed by atoms with van der Waals surface area (Å²) in [7, 11) is 2.06. The second kappa shape index (κ2) is 9.70. The van der Waals surface area contributed by atoms with Crippen molar-refractivity contribution in [3.8, 4) is 0 Å². The third kappa shape index (κ3) is 4.24. The van der Waals surface area contributed by atoms with Crippen LogP contribution < -0.4 is 4.90 Å². The van der Waals surface area contributed by atoms with Gasteiger partial charge in [0.15, 0.2) is 0 Å². The average Bonchev–Trinajstić information content (AvgIpc) is 3.65. The van der Waals surface area contributed by atoms with E-state index in [0.29, 0.717) is 25.0 Å². The zero-order valence-electron chi connectivity index (χ0n) is 20.1. The molecule has 6 rings (SSSR count). The van der Waals surface area contributed by atoms with Crippen LogP contribution in [-0.2, 0) is 9.47 Å². The van der Waals surface area contributed by atoms with E-state index in [2.05, 4.69) is 60.5 Å². The highest BCUT2D eigenvalue weighted by Crippen LogP contribution is 2.35. The first kappa shape index (κ1) is 22.1. The monoisotopic (exact) mass is 473 g/mol. The molecule has 0 saturated heterocycles. The maximum Gasteiger partial charge on any atom is 0.219 e. The second-order valence-corrected chi connectivity index (χ2v) is 8.94. The van der Waals surface area contributed by atoms with Crippen molar-refractivity contribution < 1.29 is 9.47 Å². The predicted octanol–water partition coefficient (Wildman–Crippen LogP) is 6.49. The van der Waals surface area contributed by atoms with Crippen LogP contribution in [0.4, 0.5) is 11.4 Å².